The maximum Gasteiger partial charge on any atom is 0.270 e. The number of nitrogens with zero attached hydrogens (tertiary/aromatic N) is 2. The highest BCUT2D eigenvalue weighted by Gasteiger charge is 2.34. The van der Waals surface area contributed by atoms with E-state index in [9.17, 15) is 4.79 Å². The molecule has 4 heteroatoms. The van der Waals surface area contributed by atoms with Gasteiger partial charge in [0.15, 0.2) is 0 Å². The van der Waals surface area contributed by atoms with Crippen LogP contribution in [0.4, 0.5) is 0 Å². The van der Waals surface area contributed by atoms with Gasteiger partial charge in [-0.05, 0) is 37.8 Å². The number of carbonyl (C=O) groups excluding carboxylic acids is 1. The third-order valence-electron chi connectivity index (χ3n) is 4.31. The number of aliphatic hydroxyl groups excluding tert-OH is 1. The lowest BCUT2D eigenvalue weighted by Gasteiger charge is -2.24. The van der Waals surface area contributed by atoms with E-state index in [1.54, 1.807) is 0 Å². The Kier molecular flexibility index (Phi) is 3.60. The highest BCUT2D eigenvalue weighted by Crippen LogP contribution is 2.32. The van der Waals surface area contributed by atoms with Gasteiger partial charge in [0.25, 0.3) is 5.91 Å². The average molecular weight is 262 g/mol. The van der Waals surface area contributed by atoms with E-state index in [1.165, 1.54) is 25.7 Å². The van der Waals surface area contributed by atoms with Crippen molar-refractivity contribution in [2.75, 3.05) is 13.2 Å². The molecule has 2 aliphatic carbocycles. The van der Waals surface area contributed by atoms with Gasteiger partial charge in [-0.2, -0.15) is 0 Å². The van der Waals surface area contributed by atoms with Crippen LogP contribution in [0.1, 0.15) is 55.1 Å². The summed E-state index contributed by atoms with van der Waals surface area (Å²) in [5.74, 6) is 0.0912. The van der Waals surface area contributed by atoms with Crippen molar-refractivity contribution < 1.29 is 9.90 Å². The molecule has 2 fully saturated rings. The molecular weight excluding hydrogens is 240 g/mol. The second-order valence-corrected chi connectivity index (χ2v) is 5.69. The second-order valence-electron chi connectivity index (χ2n) is 5.69. The molecular formula is C15H22N2O2. The van der Waals surface area contributed by atoms with Crippen molar-refractivity contribution in [2.24, 2.45) is 0 Å². The van der Waals surface area contributed by atoms with Crippen LogP contribution in [0, 0.1) is 0 Å². The van der Waals surface area contributed by atoms with E-state index in [2.05, 4.69) is 4.57 Å². The molecule has 0 bridgehead atoms. The fraction of sp³-hybridized carbons (Fsp3) is 0.667. The van der Waals surface area contributed by atoms with Crippen molar-refractivity contribution in [3.05, 3.63) is 24.0 Å². The zero-order chi connectivity index (χ0) is 13.2. The normalized spacial score (nSPS) is 19.8. The first-order valence-corrected chi connectivity index (χ1v) is 7.40. The average Bonchev–Trinajstić information content (AvgIpc) is 2.94. The molecule has 2 saturated carbocycles. The molecule has 0 aromatic carbocycles. The Balaban J connectivity index is 1.80. The Morgan fingerprint density at radius 1 is 1.32 bits per heavy atom. The Hall–Kier alpha value is -1.29. The van der Waals surface area contributed by atoms with Crippen LogP contribution in [0.25, 0.3) is 0 Å². The molecule has 0 radical (unpaired) electrons. The fourth-order valence-electron chi connectivity index (χ4n) is 3.17. The summed E-state index contributed by atoms with van der Waals surface area (Å²) < 4.78 is 2.15. The predicted octanol–water partition coefficient (Wildman–Crippen LogP) is 2.20. The Morgan fingerprint density at radius 3 is 2.68 bits per heavy atom. The Labute approximate surface area is 114 Å². The van der Waals surface area contributed by atoms with Crippen LogP contribution in [0.2, 0.25) is 0 Å². The van der Waals surface area contributed by atoms with Crippen molar-refractivity contribution in [1.82, 2.24) is 9.47 Å². The number of amides is 1. The van der Waals surface area contributed by atoms with Gasteiger partial charge < -0.3 is 14.6 Å². The van der Waals surface area contributed by atoms with Crippen molar-refractivity contribution >= 4 is 5.91 Å². The Morgan fingerprint density at radius 2 is 2.05 bits per heavy atom. The summed E-state index contributed by atoms with van der Waals surface area (Å²) in [4.78, 5) is 14.5. The van der Waals surface area contributed by atoms with E-state index in [1.807, 2.05) is 23.2 Å². The third kappa shape index (κ3) is 2.54. The molecule has 0 saturated heterocycles. The minimum atomic E-state index is 0.0480. The van der Waals surface area contributed by atoms with E-state index in [0.29, 0.717) is 18.6 Å². The van der Waals surface area contributed by atoms with Gasteiger partial charge in [-0.1, -0.05) is 12.8 Å². The van der Waals surface area contributed by atoms with E-state index >= 15 is 0 Å². The number of hydrogen-bond acceptors (Lipinski definition) is 2. The summed E-state index contributed by atoms with van der Waals surface area (Å²) in [7, 11) is 0. The smallest absolute Gasteiger partial charge is 0.270 e. The number of rotatable bonds is 5. The lowest BCUT2D eigenvalue weighted by Crippen LogP contribution is -2.36. The van der Waals surface area contributed by atoms with Gasteiger partial charge in [0, 0.05) is 24.8 Å². The molecule has 3 rings (SSSR count). The molecule has 0 unspecified atom stereocenters. The van der Waals surface area contributed by atoms with Crippen LogP contribution in [0.15, 0.2) is 18.3 Å². The molecule has 19 heavy (non-hydrogen) atoms. The van der Waals surface area contributed by atoms with Crippen LogP contribution in [-0.4, -0.2) is 39.7 Å². The lowest BCUT2D eigenvalue weighted by molar-refractivity contribution is 0.0694. The van der Waals surface area contributed by atoms with Crippen molar-refractivity contribution in [3.63, 3.8) is 0 Å². The molecule has 1 N–H and O–H groups in total. The maximum absolute atomic E-state index is 12.6. The monoisotopic (exact) mass is 262 g/mol. The standard InChI is InChI=1S/C15H22N2O2/c18-11-10-17(13-7-8-13)15(19)14-6-3-9-16(14)12-4-1-2-5-12/h3,6,9,12-13,18H,1-2,4-5,7-8,10-11H2. The summed E-state index contributed by atoms with van der Waals surface area (Å²) in [5.41, 5.74) is 0.798. The number of hydrogen-bond donors (Lipinski definition) is 1. The minimum absolute atomic E-state index is 0.0480. The molecule has 0 spiro atoms. The van der Waals surface area contributed by atoms with Crippen molar-refractivity contribution in [1.29, 1.82) is 0 Å². The first kappa shape index (κ1) is 12.7. The summed E-state index contributed by atoms with van der Waals surface area (Å²) in [5, 5.41) is 9.14. The highest BCUT2D eigenvalue weighted by atomic mass is 16.3. The van der Waals surface area contributed by atoms with Gasteiger partial charge in [0.2, 0.25) is 0 Å². The molecule has 1 aromatic heterocycles. The molecule has 4 nitrogen and oxygen atoms in total. The van der Waals surface area contributed by atoms with Gasteiger partial charge in [0.1, 0.15) is 5.69 Å². The topological polar surface area (TPSA) is 45.5 Å². The Bertz CT molecular complexity index is 445. The van der Waals surface area contributed by atoms with Crippen LogP contribution in [-0.2, 0) is 0 Å². The molecule has 104 valence electrons. The van der Waals surface area contributed by atoms with Gasteiger partial charge in [-0.3, -0.25) is 4.79 Å². The maximum atomic E-state index is 12.6. The number of aromatic nitrogens is 1. The van der Waals surface area contributed by atoms with Crippen LogP contribution >= 0.6 is 0 Å². The second kappa shape index (κ2) is 5.37. The highest BCUT2D eigenvalue weighted by molar-refractivity contribution is 5.93. The minimum Gasteiger partial charge on any atom is -0.395 e. The molecule has 0 aliphatic heterocycles. The van der Waals surface area contributed by atoms with Gasteiger partial charge >= 0.3 is 0 Å². The predicted molar refractivity (Wildman–Crippen MR) is 73.1 cm³/mol. The molecule has 1 heterocycles. The summed E-state index contributed by atoms with van der Waals surface area (Å²) in [6.45, 7) is 0.506. The summed E-state index contributed by atoms with van der Waals surface area (Å²) in [6.07, 6.45) is 9.08. The molecule has 1 amide bonds. The van der Waals surface area contributed by atoms with Crippen molar-refractivity contribution in [3.8, 4) is 0 Å². The van der Waals surface area contributed by atoms with Crippen LogP contribution < -0.4 is 0 Å². The first-order chi connectivity index (χ1) is 9.31. The number of aliphatic hydroxyl groups is 1. The van der Waals surface area contributed by atoms with E-state index in [0.717, 1.165) is 18.5 Å². The van der Waals surface area contributed by atoms with E-state index in [4.69, 9.17) is 5.11 Å². The van der Waals surface area contributed by atoms with Gasteiger partial charge in [-0.15, -0.1) is 0 Å². The largest absolute Gasteiger partial charge is 0.395 e. The van der Waals surface area contributed by atoms with E-state index in [-0.39, 0.29) is 12.5 Å². The molecule has 2 aliphatic rings. The SMILES string of the molecule is O=C(c1cccn1C1CCCC1)N(CCO)C1CC1. The summed E-state index contributed by atoms with van der Waals surface area (Å²) in [6, 6.07) is 4.74. The third-order valence-corrected chi connectivity index (χ3v) is 4.31. The molecule has 1 aromatic rings. The zero-order valence-corrected chi connectivity index (χ0v) is 11.3. The molecule has 0 atom stereocenters. The van der Waals surface area contributed by atoms with Crippen molar-refractivity contribution in [2.45, 2.75) is 50.6 Å². The fourth-order valence-corrected chi connectivity index (χ4v) is 3.17. The summed E-state index contributed by atoms with van der Waals surface area (Å²) >= 11 is 0. The van der Waals surface area contributed by atoms with Crippen LogP contribution in [0.3, 0.4) is 0 Å². The lowest BCUT2D eigenvalue weighted by atomic mass is 10.2. The first-order valence-electron chi connectivity index (χ1n) is 7.40. The zero-order valence-electron chi connectivity index (χ0n) is 11.3. The van der Waals surface area contributed by atoms with Gasteiger partial charge in [-0.25, -0.2) is 0 Å². The number of carbonyl (C=O) groups is 1. The quantitative estimate of drug-likeness (QED) is 0.884. The van der Waals surface area contributed by atoms with E-state index < -0.39 is 0 Å². The van der Waals surface area contributed by atoms with Gasteiger partial charge in [0.05, 0.1) is 6.61 Å². The van der Waals surface area contributed by atoms with Crippen LogP contribution in [0.5, 0.6) is 0 Å².